The van der Waals surface area contributed by atoms with Gasteiger partial charge in [-0.15, -0.1) is 0 Å². The maximum Gasteiger partial charge on any atom is 0.212 e. The molecule has 6 nitrogen and oxygen atoms in total. The number of anilines is 3. The van der Waals surface area contributed by atoms with Crippen LogP contribution in [0.15, 0.2) is 12.1 Å². The van der Waals surface area contributed by atoms with Crippen LogP contribution in [-0.2, 0) is 0 Å². The van der Waals surface area contributed by atoms with Gasteiger partial charge >= 0.3 is 0 Å². The number of benzene rings is 1. The lowest BCUT2D eigenvalue weighted by atomic mass is 10.2. The van der Waals surface area contributed by atoms with E-state index in [9.17, 15) is 5.21 Å². The summed E-state index contributed by atoms with van der Waals surface area (Å²) in [5.41, 5.74) is 16.4. The topological polar surface area (TPSA) is 126 Å². The van der Waals surface area contributed by atoms with Crippen molar-refractivity contribution in [1.29, 1.82) is 0 Å². The minimum atomic E-state index is -1.17. The predicted molar refractivity (Wildman–Crippen MR) is 45.5 cm³/mol. The normalized spacial score (nSPS) is 12.8. The highest BCUT2D eigenvalue weighted by atomic mass is 16.8. The minimum Gasteiger partial charge on any atom is -0.595 e. The van der Waals surface area contributed by atoms with Crippen molar-refractivity contribution < 1.29 is 10.4 Å². The Morgan fingerprint density at radius 3 is 2.08 bits per heavy atom. The second-order valence-corrected chi connectivity index (χ2v) is 2.34. The van der Waals surface area contributed by atoms with Crippen LogP contribution < -0.4 is 22.4 Å². The predicted octanol–water partition coefficient (Wildman–Crippen LogP) is -1.16. The first-order valence-electron chi connectivity index (χ1n) is 3.20. The van der Waals surface area contributed by atoms with Crippen molar-refractivity contribution in [3.8, 4) is 0 Å². The van der Waals surface area contributed by atoms with E-state index in [1.54, 1.807) is 0 Å². The molecule has 0 saturated carbocycles. The van der Waals surface area contributed by atoms with E-state index in [0.29, 0.717) is 0 Å². The highest BCUT2D eigenvalue weighted by Crippen LogP contribution is 2.27. The van der Waals surface area contributed by atoms with Gasteiger partial charge in [-0.2, -0.15) is 5.23 Å². The Morgan fingerprint density at radius 1 is 1.17 bits per heavy atom. The summed E-state index contributed by atoms with van der Waals surface area (Å²) < 4.78 is 0. The molecule has 1 unspecified atom stereocenters. The average Bonchev–Trinajstić information content (AvgIpc) is 1.97. The van der Waals surface area contributed by atoms with Gasteiger partial charge in [-0.3, -0.25) is 0 Å². The van der Waals surface area contributed by atoms with Crippen molar-refractivity contribution in [2.45, 2.75) is 0 Å². The van der Waals surface area contributed by atoms with Gasteiger partial charge in [0, 0.05) is 0 Å². The Bertz CT molecular complexity index is 300. The van der Waals surface area contributed by atoms with Gasteiger partial charge in [0.15, 0.2) is 0 Å². The number of nitrogens with one attached hydrogen (secondary N) is 1. The van der Waals surface area contributed by atoms with Crippen LogP contribution in [0.3, 0.4) is 0 Å². The summed E-state index contributed by atoms with van der Waals surface area (Å²) in [6.45, 7) is 0. The van der Waals surface area contributed by atoms with E-state index in [1.807, 2.05) is 0 Å². The number of hydrogen-bond donors (Lipinski definition) is 5. The molecule has 0 aromatic heterocycles. The molecule has 0 amide bonds. The van der Waals surface area contributed by atoms with Crippen LogP contribution >= 0.6 is 0 Å². The fourth-order valence-electron chi connectivity index (χ4n) is 0.891. The summed E-state index contributed by atoms with van der Waals surface area (Å²) in [7, 11) is 0. The third kappa shape index (κ3) is 1.26. The summed E-state index contributed by atoms with van der Waals surface area (Å²) in [6.07, 6.45) is 0. The molecule has 8 N–H and O–H groups in total. The Labute approximate surface area is 68.7 Å². The number of nitrogens with two attached hydrogens (primary N) is 3. The lowest BCUT2D eigenvalue weighted by Gasteiger charge is -2.16. The molecule has 0 bridgehead atoms. The van der Waals surface area contributed by atoms with E-state index < -0.39 is 5.23 Å². The summed E-state index contributed by atoms with van der Waals surface area (Å²) in [5.74, 6) is 0. The van der Waals surface area contributed by atoms with Gasteiger partial charge in [-0.05, 0) is 12.1 Å². The second-order valence-electron chi connectivity index (χ2n) is 2.34. The minimum absolute atomic E-state index is 0.0162. The molecule has 1 aromatic rings. The van der Waals surface area contributed by atoms with Gasteiger partial charge in [-0.25, -0.2) is 5.21 Å². The third-order valence-corrected chi connectivity index (χ3v) is 1.53. The first kappa shape index (κ1) is 8.60. The molecule has 12 heavy (non-hydrogen) atoms. The quantitative estimate of drug-likeness (QED) is 0.268. The third-order valence-electron chi connectivity index (χ3n) is 1.53. The van der Waals surface area contributed by atoms with Crippen molar-refractivity contribution in [3.05, 3.63) is 17.3 Å². The summed E-state index contributed by atoms with van der Waals surface area (Å²) in [5, 5.41) is 18.1. The monoisotopic (exact) mass is 170 g/mol. The van der Waals surface area contributed by atoms with Crippen molar-refractivity contribution in [3.63, 3.8) is 0 Å². The first-order chi connectivity index (χ1) is 5.54. The highest BCUT2D eigenvalue weighted by Gasteiger charge is 2.12. The van der Waals surface area contributed by atoms with E-state index in [-0.39, 0.29) is 22.7 Å². The molecule has 0 spiro atoms. The zero-order valence-electron chi connectivity index (χ0n) is 6.24. The van der Waals surface area contributed by atoms with Gasteiger partial charge in [0.25, 0.3) is 0 Å². The smallest absolute Gasteiger partial charge is 0.212 e. The lowest BCUT2D eigenvalue weighted by molar-refractivity contribution is -0.990. The Kier molecular flexibility index (Phi) is 2.05. The van der Waals surface area contributed by atoms with E-state index in [2.05, 4.69) is 0 Å². The standard InChI is InChI=1S/C6H10N4O2/c7-3-1-2-4(8)6(5(3)9)10(11)12/h1-2,10-11H,7-9H2. The number of nitrogen functional groups attached to an aromatic ring is 3. The number of quaternary nitrogens is 1. The molecule has 0 fully saturated rings. The second kappa shape index (κ2) is 2.86. The van der Waals surface area contributed by atoms with Crippen molar-refractivity contribution >= 4 is 22.7 Å². The van der Waals surface area contributed by atoms with Crippen molar-refractivity contribution in [1.82, 2.24) is 0 Å². The molecule has 0 radical (unpaired) electrons. The van der Waals surface area contributed by atoms with Crippen LogP contribution in [0.5, 0.6) is 0 Å². The molecule has 6 heteroatoms. The fraction of sp³-hybridized carbons (Fsp3) is 0. The summed E-state index contributed by atoms with van der Waals surface area (Å²) >= 11 is 0. The molecular formula is C6H10N4O2. The fourth-order valence-corrected chi connectivity index (χ4v) is 0.891. The van der Waals surface area contributed by atoms with Crippen LogP contribution in [0.2, 0.25) is 0 Å². The molecule has 1 rings (SSSR count). The number of rotatable bonds is 1. The zero-order valence-corrected chi connectivity index (χ0v) is 6.24. The zero-order chi connectivity index (χ0) is 9.30. The van der Waals surface area contributed by atoms with E-state index in [4.69, 9.17) is 22.4 Å². The van der Waals surface area contributed by atoms with Gasteiger partial charge in [0.1, 0.15) is 5.69 Å². The van der Waals surface area contributed by atoms with Crippen LogP contribution in [0, 0.1) is 5.21 Å². The molecular weight excluding hydrogens is 160 g/mol. The van der Waals surface area contributed by atoms with E-state index >= 15 is 0 Å². The van der Waals surface area contributed by atoms with Crippen LogP contribution in [0.25, 0.3) is 0 Å². The van der Waals surface area contributed by atoms with Gasteiger partial charge in [0.2, 0.25) is 5.69 Å². The maximum atomic E-state index is 10.6. The SMILES string of the molecule is Nc1ccc(N)c([NH+]([O-])O)c1N. The molecule has 0 aliphatic heterocycles. The highest BCUT2D eigenvalue weighted by molar-refractivity contribution is 5.82. The van der Waals surface area contributed by atoms with Crippen molar-refractivity contribution in [2.24, 2.45) is 0 Å². The van der Waals surface area contributed by atoms with Gasteiger partial charge in [0.05, 0.1) is 11.4 Å². The molecule has 66 valence electrons. The van der Waals surface area contributed by atoms with Crippen molar-refractivity contribution in [2.75, 3.05) is 17.2 Å². The Balaban J connectivity index is 3.33. The number of hydrogen-bond acceptors (Lipinski definition) is 5. The van der Waals surface area contributed by atoms with E-state index in [1.165, 1.54) is 12.1 Å². The van der Waals surface area contributed by atoms with Crippen LogP contribution in [0.4, 0.5) is 22.7 Å². The summed E-state index contributed by atoms with van der Waals surface area (Å²) in [4.78, 5) is 0. The van der Waals surface area contributed by atoms with Gasteiger partial charge < -0.3 is 22.4 Å². The maximum absolute atomic E-state index is 10.6. The molecule has 1 aromatic carbocycles. The van der Waals surface area contributed by atoms with Crippen LogP contribution in [0.1, 0.15) is 0 Å². The van der Waals surface area contributed by atoms with E-state index in [0.717, 1.165) is 0 Å². The molecule has 0 aliphatic rings. The largest absolute Gasteiger partial charge is 0.595 e. The molecule has 0 saturated heterocycles. The lowest BCUT2D eigenvalue weighted by Crippen LogP contribution is -2.99. The summed E-state index contributed by atoms with van der Waals surface area (Å²) in [6, 6.07) is 2.88. The van der Waals surface area contributed by atoms with Gasteiger partial charge in [-0.1, -0.05) is 0 Å². The Morgan fingerprint density at radius 2 is 1.67 bits per heavy atom. The first-order valence-corrected chi connectivity index (χ1v) is 3.20. The Hall–Kier alpha value is -1.50. The molecule has 0 aliphatic carbocycles. The molecule has 0 heterocycles. The molecule has 1 atom stereocenters. The van der Waals surface area contributed by atoms with Crippen LogP contribution in [-0.4, -0.2) is 5.21 Å². The average molecular weight is 170 g/mol.